The van der Waals surface area contributed by atoms with Crippen LogP contribution in [0.1, 0.15) is 18.5 Å². The number of anilines is 2. The van der Waals surface area contributed by atoms with Gasteiger partial charge >= 0.3 is 0 Å². The number of halogens is 1. The highest BCUT2D eigenvalue weighted by Gasteiger charge is 2.22. The van der Waals surface area contributed by atoms with Crippen molar-refractivity contribution >= 4 is 27.7 Å². The Morgan fingerprint density at radius 2 is 1.68 bits per heavy atom. The van der Waals surface area contributed by atoms with Crippen molar-refractivity contribution in [2.24, 2.45) is 0 Å². The quantitative estimate of drug-likeness (QED) is 0.831. The van der Waals surface area contributed by atoms with E-state index in [1.54, 1.807) is 0 Å². The molecule has 3 heterocycles. The molecule has 1 aromatic rings. The van der Waals surface area contributed by atoms with Crippen LogP contribution in [0.2, 0.25) is 0 Å². The standard InChI is InChI=1S/C13H19BrN4O/c1-10-11(14)12(17-4-2-3-5-17)16-13(15-10)18-6-8-19-9-7-18/h2-9H2,1H3. The van der Waals surface area contributed by atoms with E-state index >= 15 is 0 Å². The van der Waals surface area contributed by atoms with E-state index in [2.05, 4.69) is 30.7 Å². The molecular weight excluding hydrogens is 308 g/mol. The molecule has 3 rings (SSSR count). The average molecular weight is 327 g/mol. The number of nitrogens with zero attached hydrogens (tertiary/aromatic N) is 4. The van der Waals surface area contributed by atoms with E-state index in [1.807, 2.05) is 6.92 Å². The van der Waals surface area contributed by atoms with Crippen molar-refractivity contribution in [2.75, 3.05) is 49.2 Å². The average Bonchev–Trinajstić information content (AvgIpc) is 2.96. The third-order valence-electron chi connectivity index (χ3n) is 3.69. The van der Waals surface area contributed by atoms with Crippen molar-refractivity contribution < 1.29 is 4.74 Å². The van der Waals surface area contributed by atoms with Crippen molar-refractivity contribution in [1.29, 1.82) is 0 Å². The summed E-state index contributed by atoms with van der Waals surface area (Å²) in [5, 5.41) is 0. The Kier molecular flexibility index (Phi) is 3.88. The maximum absolute atomic E-state index is 5.39. The highest BCUT2D eigenvalue weighted by Crippen LogP contribution is 2.31. The van der Waals surface area contributed by atoms with Gasteiger partial charge in [-0.1, -0.05) is 0 Å². The number of hydrogen-bond donors (Lipinski definition) is 0. The van der Waals surface area contributed by atoms with Crippen LogP contribution in [0.15, 0.2) is 4.47 Å². The summed E-state index contributed by atoms with van der Waals surface area (Å²) in [6.07, 6.45) is 2.50. The minimum Gasteiger partial charge on any atom is -0.378 e. The van der Waals surface area contributed by atoms with E-state index in [0.29, 0.717) is 0 Å². The molecule has 0 saturated carbocycles. The van der Waals surface area contributed by atoms with E-state index in [0.717, 1.165) is 61.3 Å². The lowest BCUT2D eigenvalue weighted by molar-refractivity contribution is 0.122. The Hall–Kier alpha value is -0.880. The van der Waals surface area contributed by atoms with Crippen LogP contribution in [-0.4, -0.2) is 49.4 Å². The molecule has 2 saturated heterocycles. The first-order valence-corrected chi connectivity index (χ1v) is 7.67. The van der Waals surface area contributed by atoms with Crippen LogP contribution in [0, 0.1) is 6.92 Å². The van der Waals surface area contributed by atoms with Crippen molar-refractivity contribution in [3.63, 3.8) is 0 Å². The molecule has 1 aromatic heterocycles. The van der Waals surface area contributed by atoms with Gasteiger partial charge in [-0.2, -0.15) is 4.98 Å². The number of rotatable bonds is 2. The van der Waals surface area contributed by atoms with Crippen LogP contribution < -0.4 is 9.80 Å². The molecule has 19 heavy (non-hydrogen) atoms. The van der Waals surface area contributed by atoms with Gasteiger partial charge in [-0.3, -0.25) is 0 Å². The van der Waals surface area contributed by atoms with Gasteiger partial charge < -0.3 is 14.5 Å². The van der Waals surface area contributed by atoms with Crippen molar-refractivity contribution in [3.8, 4) is 0 Å². The van der Waals surface area contributed by atoms with Gasteiger partial charge in [0.25, 0.3) is 0 Å². The molecule has 104 valence electrons. The molecule has 0 atom stereocenters. The largest absolute Gasteiger partial charge is 0.378 e. The van der Waals surface area contributed by atoms with Gasteiger partial charge in [-0.25, -0.2) is 4.98 Å². The second-order valence-corrected chi connectivity index (χ2v) is 5.83. The predicted molar refractivity (Wildman–Crippen MR) is 78.9 cm³/mol. The normalized spacial score (nSPS) is 20.1. The first-order chi connectivity index (χ1) is 9.25. The topological polar surface area (TPSA) is 41.5 Å². The Morgan fingerprint density at radius 1 is 1.00 bits per heavy atom. The molecule has 0 aromatic carbocycles. The summed E-state index contributed by atoms with van der Waals surface area (Å²) < 4.78 is 6.42. The summed E-state index contributed by atoms with van der Waals surface area (Å²) in [7, 11) is 0. The Labute approximate surface area is 122 Å². The highest BCUT2D eigenvalue weighted by atomic mass is 79.9. The summed E-state index contributed by atoms with van der Waals surface area (Å²) in [5.74, 6) is 1.89. The van der Waals surface area contributed by atoms with Crippen LogP contribution in [0.25, 0.3) is 0 Å². The van der Waals surface area contributed by atoms with E-state index in [1.165, 1.54) is 12.8 Å². The number of aromatic nitrogens is 2. The Balaban J connectivity index is 1.92. The smallest absolute Gasteiger partial charge is 0.227 e. The van der Waals surface area contributed by atoms with Crippen LogP contribution in [0.4, 0.5) is 11.8 Å². The van der Waals surface area contributed by atoms with Crippen molar-refractivity contribution in [3.05, 3.63) is 10.2 Å². The van der Waals surface area contributed by atoms with Gasteiger partial charge in [0.2, 0.25) is 5.95 Å². The lowest BCUT2D eigenvalue weighted by Gasteiger charge is -2.28. The maximum Gasteiger partial charge on any atom is 0.227 e. The van der Waals surface area contributed by atoms with Crippen molar-refractivity contribution in [2.45, 2.75) is 19.8 Å². The van der Waals surface area contributed by atoms with Crippen LogP contribution in [0.5, 0.6) is 0 Å². The minimum absolute atomic E-state index is 0.761. The molecule has 0 amide bonds. The molecular formula is C13H19BrN4O. The lowest BCUT2D eigenvalue weighted by Crippen LogP contribution is -2.37. The minimum atomic E-state index is 0.761. The van der Waals surface area contributed by atoms with Gasteiger partial charge in [0.15, 0.2) is 0 Å². The Bertz CT molecular complexity index is 456. The van der Waals surface area contributed by atoms with Crippen LogP contribution >= 0.6 is 15.9 Å². The third-order valence-corrected chi connectivity index (χ3v) is 4.62. The number of hydrogen-bond acceptors (Lipinski definition) is 5. The molecule has 0 N–H and O–H groups in total. The van der Waals surface area contributed by atoms with Gasteiger partial charge in [0, 0.05) is 26.2 Å². The van der Waals surface area contributed by atoms with Gasteiger partial charge in [-0.05, 0) is 35.7 Å². The van der Waals surface area contributed by atoms with Gasteiger partial charge in [-0.15, -0.1) is 0 Å². The maximum atomic E-state index is 5.39. The summed E-state index contributed by atoms with van der Waals surface area (Å²) in [6, 6.07) is 0. The molecule has 0 radical (unpaired) electrons. The monoisotopic (exact) mass is 326 g/mol. The third kappa shape index (κ3) is 2.69. The predicted octanol–water partition coefficient (Wildman–Crippen LogP) is 1.98. The highest BCUT2D eigenvalue weighted by molar-refractivity contribution is 9.10. The fraction of sp³-hybridized carbons (Fsp3) is 0.692. The zero-order chi connectivity index (χ0) is 13.2. The first kappa shape index (κ1) is 13.1. The molecule has 0 aliphatic carbocycles. The molecule has 2 aliphatic rings. The molecule has 0 spiro atoms. The molecule has 2 fully saturated rings. The summed E-state index contributed by atoms with van der Waals surface area (Å²) in [4.78, 5) is 14.0. The summed E-state index contributed by atoms with van der Waals surface area (Å²) in [6.45, 7) is 7.50. The van der Waals surface area contributed by atoms with E-state index < -0.39 is 0 Å². The van der Waals surface area contributed by atoms with E-state index in [-0.39, 0.29) is 0 Å². The first-order valence-electron chi connectivity index (χ1n) is 6.87. The zero-order valence-corrected chi connectivity index (χ0v) is 12.8. The number of morpholine rings is 1. The van der Waals surface area contributed by atoms with Crippen LogP contribution in [-0.2, 0) is 4.74 Å². The molecule has 5 nitrogen and oxygen atoms in total. The molecule has 0 bridgehead atoms. The second-order valence-electron chi connectivity index (χ2n) is 5.04. The number of aryl methyl sites for hydroxylation is 1. The van der Waals surface area contributed by atoms with Crippen molar-refractivity contribution in [1.82, 2.24) is 9.97 Å². The zero-order valence-electron chi connectivity index (χ0n) is 11.2. The van der Waals surface area contributed by atoms with E-state index in [9.17, 15) is 0 Å². The van der Waals surface area contributed by atoms with E-state index in [4.69, 9.17) is 9.72 Å². The van der Waals surface area contributed by atoms with Gasteiger partial charge in [0.05, 0.1) is 23.4 Å². The SMILES string of the molecule is Cc1nc(N2CCOCC2)nc(N2CCCC2)c1Br. The lowest BCUT2D eigenvalue weighted by atomic mass is 10.4. The Morgan fingerprint density at radius 3 is 2.37 bits per heavy atom. The fourth-order valence-electron chi connectivity index (χ4n) is 2.57. The molecule has 6 heteroatoms. The van der Waals surface area contributed by atoms with Gasteiger partial charge in [0.1, 0.15) is 5.82 Å². The molecule has 2 aliphatic heterocycles. The second kappa shape index (κ2) is 5.63. The fourth-order valence-corrected chi connectivity index (χ4v) is 3.00. The van der Waals surface area contributed by atoms with Crippen LogP contribution in [0.3, 0.4) is 0 Å². The number of ether oxygens (including phenoxy) is 1. The summed E-state index contributed by atoms with van der Waals surface area (Å²) >= 11 is 3.64. The molecule has 0 unspecified atom stereocenters. The summed E-state index contributed by atoms with van der Waals surface area (Å²) in [5.41, 5.74) is 1.01.